The number of fused-ring (bicyclic) bond motifs is 1. The molecular weight excluding hydrogens is 294 g/mol. The molecule has 0 spiro atoms. The van der Waals surface area contributed by atoms with E-state index < -0.39 is 18.6 Å². The first-order valence-electron chi connectivity index (χ1n) is 7.16. The summed E-state index contributed by atoms with van der Waals surface area (Å²) < 4.78 is 1.78. The zero-order chi connectivity index (χ0) is 16.4. The first-order chi connectivity index (χ1) is 11.1. The molecule has 3 rings (SSSR count). The second-order valence-corrected chi connectivity index (χ2v) is 5.30. The number of aliphatic hydroxyl groups excluding tert-OH is 1. The number of nitrogens with zero attached hydrogens (tertiary/aromatic N) is 3. The summed E-state index contributed by atoms with van der Waals surface area (Å²) >= 11 is 0. The Labute approximate surface area is 132 Å². The number of rotatable bonds is 4. The molecule has 0 aliphatic carbocycles. The summed E-state index contributed by atoms with van der Waals surface area (Å²) in [4.78, 5) is 15.9. The van der Waals surface area contributed by atoms with Crippen LogP contribution in [0.15, 0.2) is 42.7 Å². The zero-order valence-corrected chi connectivity index (χ0v) is 12.6. The summed E-state index contributed by atoms with van der Waals surface area (Å²) in [7, 11) is 0. The molecule has 3 aromatic rings. The van der Waals surface area contributed by atoms with E-state index in [1.54, 1.807) is 23.1 Å². The van der Waals surface area contributed by atoms with E-state index in [4.69, 9.17) is 10.8 Å². The van der Waals surface area contributed by atoms with E-state index in [0.29, 0.717) is 5.82 Å². The largest absolute Gasteiger partial charge is 0.394 e. The standard InChI is InChI=1S/C16H17N5O2/c1-10-3-2-4-12(5-10)21-14-6-15(18-7-11(14)8-19-21)20-16(23)13(17)9-22/h2-8,13,22H,9,17H2,1H3,(H,18,20,23). The predicted molar refractivity (Wildman–Crippen MR) is 87.3 cm³/mol. The zero-order valence-electron chi connectivity index (χ0n) is 12.6. The van der Waals surface area contributed by atoms with Gasteiger partial charge in [0.25, 0.3) is 0 Å². The number of aryl methyl sites for hydroxylation is 1. The number of carbonyl (C=O) groups is 1. The molecule has 0 saturated heterocycles. The van der Waals surface area contributed by atoms with Gasteiger partial charge in [0, 0.05) is 17.6 Å². The molecule has 0 radical (unpaired) electrons. The lowest BCUT2D eigenvalue weighted by Crippen LogP contribution is -2.38. The van der Waals surface area contributed by atoms with Crippen LogP contribution in [0.5, 0.6) is 0 Å². The van der Waals surface area contributed by atoms with Crippen molar-refractivity contribution >= 4 is 22.6 Å². The van der Waals surface area contributed by atoms with Gasteiger partial charge in [-0.1, -0.05) is 12.1 Å². The van der Waals surface area contributed by atoms with Gasteiger partial charge in [0.15, 0.2) is 0 Å². The van der Waals surface area contributed by atoms with Crippen molar-refractivity contribution in [3.8, 4) is 5.69 Å². The van der Waals surface area contributed by atoms with Gasteiger partial charge < -0.3 is 16.2 Å². The number of aromatic nitrogens is 3. The number of hydrogen-bond acceptors (Lipinski definition) is 5. The highest BCUT2D eigenvalue weighted by Crippen LogP contribution is 2.20. The Morgan fingerprint density at radius 2 is 2.22 bits per heavy atom. The molecule has 0 fully saturated rings. The highest BCUT2D eigenvalue weighted by atomic mass is 16.3. The first kappa shape index (κ1) is 15.1. The molecule has 0 saturated carbocycles. The maximum Gasteiger partial charge on any atom is 0.244 e. The number of benzene rings is 1. The smallest absolute Gasteiger partial charge is 0.244 e. The number of carbonyl (C=O) groups excluding carboxylic acids is 1. The van der Waals surface area contributed by atoms with Crippen LogP contribution >= 0.6 is 0 Å². The van der Waals surface area contributed by atoms with E-state index in [-0.39, 0.29) is 0 Å². The molecule has 2 heterocycles. The second kappa shape index (κ2) is 6.15. The molecule has 0 aliphatic rings. The van der Waals surface area contributed by atoms with Crippen molar-refractivity contribution in [2.24, 2.45) is 5.73 Å². The number of nitrogens with one attached hydrogen (secondary N) is 1. The van der Waals surface area contributed by atoms with Gasteiger partial charge >= 0.3 is 0 Å². The third-order valence-electron chi connectivity index (χ3n) is 3.48. The fraction of sp³-hybridized carbons (Fsp3) is 0.188. The Hall–Kier alpha value is -2.77. The Balaban J connectivity index is 1.99. The number of pyridine rings is 1. The molecule has 0 aliphatic heterocycles. The van der Waals surface area contributed by atoms with Crippen LogP contribution in [0.2, 0.25) is 0 Å². The summed E-state index contributed by atoms with van der Waals surface area (Å²) in [6.45, 7) is 1.59. The van der Waals surface area contributed by atoms with Crippen molar-refractivity contribution in [3.05, 3.63) is 48.3 Å². The van der Waals surface area contributed by atoms with Gasteiger partial charge in [0.1, 0.15) is 11.9 Å². The fourth-order valence-corrected chi connectivity index (χ4v) is 2.26. The first-order valence-corrected chi connectivity index (χ1v) is 7.16. The lowest BCUT2D eigenvalue weighted by Gasteiger charge is -2.09. The van der Waals surface area contributed by atoms with Crippen molar-refractivity contribution in [1.82, 2.24) is 14.8 Å². The van der Waals surface area contributed by atoms with Gasteiger partial charge in [-0.15, -0.1) is 0 Å². The van der Waals surface area contributed by atoms with Crippen molar-refractivity contribution in [2.75, 3.05) is 11.9 Å². The van der Waals surface area contributed by atoms with E-state index in [1.807, 2.05) is 31.2 Å². The number of hydrogen-bond donors (Lipinski definition) is 3. The molecule has 4 N–H and O–H groups in total. The second-order valence-electron chi connectivity index (χ2n) is 5.30. The summed E-state index contributed by atoms with van der Waals surface area (Å²) in [6, 6.07) is 8.70. The monoisotopic (exact) mass is 311 g/mol. The quantitative estimate of drug-likeness (QED) is 0.666. The maximum atomic E-state index is 11.8. The topological polar surface area (TPSA) is 106 Å². The van der Waals surface area contributed by atoms with Crippen molar-refractivity contribution < 1.29 is 9.90 Å². The molecule has 2 aromatic heterocycles. The van der Waals surface area contributed by atoms with Crippen LogP contribution in [0, 0.1) is 6.92 Å². The minimum Gasteiger partial charge on any atom is -0.394 e. The van der Waals surface area contributed by atoms with Crippen LogP contribution in [-0.2, 0) is 4.79 Å². The Kier molecular flexibility index (Phi) is 4.05. The SMILES string of the molecule is Cc1cccc(-n2ncc3cnc(NC(=O)C(N)CO)cc32)c1. The molecule has 118 valence electrons. The van der Waals surface area contributed by atoms with Crippen LogP contribution in [0.4, 0.5) is 5.82 Å². The molecule has 1 aromatic carbocycles. The molecular formula is C16H17N5O2. The average molecular weight is 311 g/mol. The number of aliphatic hydroxyl groups is 1. The molecule has 1 unspecified atom stereocenters. The van der Waals surface area contributed by atoms with Crippen LogP contribution < -0.4 is 11.1 Å². The fourth-order valence-electron chi connectivity index (χ4n) is 2.26. The predicted octanol–water partition coefficient (Wildman–Crippen LogP) is 0.987. The summed E-state index contributed by atoms with van der Waals surface area (Å²) in [5.41, 5.74) is 8.36. The highest BCUT2D eigenvalue weighted by molar-refractivity contribution is 5.95. The van der Waals surface area contributed by atoms with Gasteiger partial charge in [-0.2, -0.15) is 5.10 Å². The maximum absolute atomic E-state index is 11.8. The third-order valence-corrected chi connectivity index (χ3v) is 3.48. The van der Waals surface area contributed by atoms with Crippen molar-refractivity contribution in [1.29, 1.82) is 0 Å². The number of nitrogens with two attached hydrogens (primary N) is 1. The van der Waals surface area contributed by atoms with Crippen molar-refractivity contribution in [3.63, 3.8) is 0 Å². The third kappa shape index (κ3) is 3.05. The van der Waals surface area contributed by atoms with Gasteiger partial charge in [0.05, 0.1) is 24.0 Å². The Morgan fingerprint density at radius 1 is 1.39 bits per heavy atom. The summed E-state index contributed by atoms with van der Waals surface area (Å²) in [6.07, 6.45) is 3.35. The summed E-state index contributed by atoms with van der Waals surface area (Å²) in [5.74, 6) is -0.123. The molecule has 7 nitrogen and oxygen atoms in total. The molecule has 1 atom stereocenters. The molecule has 0 bridgehead atoms. The van der Waals surface area contributed by atoms with Gasteiger partial charge in [-0.3, -0.25) is 4.79 Å². The Morgan fingerprint density at radius 3 is 2.96 bits per heavy atom. The average Bonchev–Trinajstić information content (AvgIpc) is 2.97. The molecule has 7 heteroatoms. The van der Waals surface area contributed by atoms with E-state index in [1.165, 1.54) is 0 Å². The normalized spacial score (nSPS) is 12.3. The Bertz CT molecular complexity index is 859. The van der Waals surface area contributed by atoms with Crippen LogP contribution in [0.1, 0.15) is 5.56 Å². The lowest BCUT2D eigenvalue weighted by molar-refractivity contribution is -0.118. The van der Waals surface area contributed by atoms with E-state index in [9.17, 15) is 4.79 Å². The lowest BCUT2D eigenvalue weighted by atomic mass is 10.2. The van der Waals surface area contributed by atoms with Crippen LogP contribution in [0.25, 0.3) is 16.6 Å². The van der Waals surface area contributed by atoms with Crippen LogP contribution in [-0.4, -0.2) is 38.4 Å². The van der Waals surface area contributed by atoms with Gasteiger partial charge in [-0.05, 0) is 24.6 Å². The molecule has 23 heavy (non-hydrogen) atoms. The number of amides is 1. The van der Waals surface area contributed by atoms with E-state index >= 15 is 0 Å². The van der Waals surface area contributed by atoms with Gasteiger partial charge in [0.2, 0.25) is 5.91 Å². The van der Waals surface area contributed by atoms with E-state index in [2.05, 4.69) is 15.4 Å². The summed E-state index contributed by atoms with van der Waals surface area (Å²) in [5, 5.41) is 16.7. The minimum atomic E-state index is -0.978. The minimum absolute atomic E-state index is 0.362. The van der Waals surface area contributed by atoms with Crippen molar-refractivity contribution in [2.45, 2.75) is 13.0 Å². The van der Waals surface area contributed by atoms with Crippen LogP contribution in [0.3, 0.4) is 0 Å². The van der Waals surface area contributed by atoms with E-state index in [0.717, 1.165) is 22.2 Å². The molecule has 1 amide bonds. The highest BCUT2D eigenvalue weighted by Gasteiger charge is 2.14. The van der Waals surface area contributed by atoms with Gasteiger partial charge in [-0.25, -0.2) is 9.67 Å². The number of anilines is 1.